The molecule has 0 fully saturated rings. The van der Waals surface area contributed by atoms with Crippen LogP contribution in [0.5, 0.6) is 46.0 Å². The molecule has 8 rings (SSSR count). The van der Waals surface area contributed by atoms with Gasteiger partial charge in [-0.15, -0.1) is 0 Å². The van der Waals surface area contributed by atoms with Crippen LogP contribution in [-0.2, 0) is 6.42 Å². The molecule has 0 radical (unpaired) electrons. The number of phenols is 8. The molecule has 0 saturated heterocycles. The van der Waals surface area contributed by atoms with Gasteiger partial charge in [0.1, 0.15) is 5.76 Å². The normalized spacial score (nSPS) is 13.3. The third-order valence-corrected chi connectivity index (χ3v) is 8.95. The molecule has 0 aliphatic heterocycles. The number of aromatic hydroxyl groups is 8. The largest absolute Gasteiger partial charge is 0.504 e. The number of hydrogen-bond donors (Lipinski definition) is 8. The lowest BCUT2D eigenvalue weighted by molar-refractivity contribution is 0.330. The van der Waals surface area contributed by atoms with Gasteiger partial charge in [-0.3, -0.25) is 0 Å². The summed E-state index contributed by atoms with van der Waals surface area (Å²) in [5.74, 6) is -4.91. The van der Waals surface area contributed by atoms with Gasteiger partial charge in [-0.05, 0) is 62.4 Å². The van der Waals surface area contributed by atoms with E-state index in [0.717, 1.165) is 38.1 Å². The molecule has 1 aromatic heterocycles. The molecule has 0 saturated carbocycles. The molecular formula is C35H24O9. The Bertz CT molecular complexity index is 2400. The van der Waals surface area contributed by atoms with Crippen molar-refractivity contribution in [3.63, 3.8) is 0 Å². The topological polar surface area (TPSA) is 175 Å². The summed E-state index contributed by atoms with van der Waals surface area (Å²) < 4.78 is 6.06. The van der Waals surface area contributed by atoms with Gasteiger partial charge in [0.2, 0.25) is 17.2 Å². The first kappa shape index (κ1) is 25.7. The van der Waals surface area contributed by atoms with Crippen molar-refractivity contribution in [2.75, 3.05) is 0 Å². The van der Waals surface area contributed by atoms with Crippen LogP contribution in [-0.4, -0.2) is 40.9 Å². The smallest absolute Gasteiger partial charge is 0.208 e. The lowest BCUT2D eigenvalue weighted by Gasteiger charge is -2.20. The second-order valence-corrected chi connectivity index (χ2v) is 11.2. The van der Waals surface area contributed by atoms with Crippen LogP contribution in [0.25, 0.3) is 60.0 Å². The van der Waals surface area contributed by atoms with Crippen LogP contribution in [0, 0.1) is 6.92 Å². The fourth-order valence-electron chi connectivity index (χ4n) is 6.80. The molecule has 0 atom stereocenters. The van der Waals surface area contributed by atoms with Gasteiger partial charge >= 0.3 is 0 Å². The van der Waals surface area contributed by atoms with Gasteiger partial charge in [0.25, 0.3) is 0 Å². The van der Waals surface area contributed by atoms with E-state index in [1.54, 1.807) is 12.1 Å². The van der Waals surface area contributed by atoms with Crippen molar-refractivity contribution < 1.29 is 45.3 Å². The van der Waals surface area contributed by atoms with E-state index < -0.39 is 34.5 Å². The van der Waals surface area contributed by atoms with Gasteiger partial charge in [0.05, 0.1) is 10.9 Å². The zero-order valence-electron chi connectivity index (χ0n) is 23.1. The Morgan fingerprint density at radius 2 is 1.07 bits per heavy atom. The number of benzene rings is 6. The lowest BCUT2D eigenvalue weighted by atomic mass is 9.83. The van der Waals surface area contributed by atoms with Crippen LogP contribution < -0.4 is 0 Å². The van der Waals surface area contributed by atoms with E-state index in [4.69, 9.17) is 4.42 Å². The first-order chi connectivity index (χ1) is 21.1. The molecule has 6 aromatic carbocycles. The highest BCUT2D eigenvalue weighted by Crippen LogP contribution is 2.57. The van der Waals surface area contributed by atoms with Gasteiger partial charge < -0.3 is 45.3 Å². The van der Waals surface area contributed by atoms with Crippen molar-refractivity contribution in [2.45, 2.75) is 19.8 Å². The van der Waals surface area contributed by atoms with Crippen molar-refractivity contribution in [3.8, 4) is 57.1 Å². The molecule has 1 heterocycles. The summed E-state index contributed by atoms with van der Waals surface area (Å²) in [5, 5.41) is 89.4. The summed E-state index contributed by atoms with van der Waals surface area (Å²) in [4.78, 5) is 0. The average Bonchev–Trinajstić information content (AvgIpc) is 3.44. The maximum Gasteiger partial charge on any atom is 0.208 e. The second kappa shape index (κ2) is 8.54. The molecule has 9 heteroatoms. The Balaban J connectivity index is 1.44. The summed E-state index contributed by atoms with van der Waals surface area (Å²) in [6.07, 6.45) is 3.23. The molecule has 218 valence electrons. The quantitative estimate of drug-likeness (QED) is 0.0584. The highest BCUT2D eigenvalue weighted by atomic mass is 16.4. The Hall–Kier alpha value is -5.96. The summed E-state index contributed by atoms with van der Waals surface area (Å²) >= 11 is 0. The highest BCUT2D eigenvalue weighted by Gasteiger charge is 2.30. The molecule has 0 bridgehead atoms. The van der Waals surface area contributed by atoms with Crippen LogP contribution in [0.1, 0.15) is 28.9 Å². The van der Waals surface area contributed by atoms with E-state index in [2.05, 4.69) is 0 Å². The number of fused-ring (bicyclic) bond motifs is 3. The summed E-state index contributed by atoms with van der Waals surface area (Å²) in [6, 6.07) is 15.0. The maximum absolute atomic E-state index is 11.0. The molecular weight excluding hydrogens is 564 g/mol. The number of phenolic OH excluding ortho intramolecular Hbond substituents is 8. The number of furan rings is 1. The number of aryl methyl sites for hydroxylation is 1. The fourth-order valence-corrected chi connectivity index (χ4v) is 6.80. The van der Waals surface area contributed by atoms with Crippen LogP contribution in [0.3, 0.4) is 0 Å². The summed E-state index contributed by atoms with van der Waals surface area (Å²) in [7, 11) is 0. The first-order valence-electron chi connectivity index (χ1n) is 13.9. The summed E-state index contributed by atoms with van der Waals surface area (Å²) in [5.41, 5.74) is 2.51. The minimum atomic E-state index is -1.03. The fraction of sp³-hybridized carbons (Fsp3) is 0.0857. The molecule has 8 N–H and O–H groups in total. The summed E-state index contributed by atoms with van der Waals surface area (Å²) in [6.45, 7) is 1.50. The van der Waals surface area contributed by atoms with Gasteiger partial charge in [-0.1, -0.05) is 54.6 Å². The number of allylic oxidation sites excluding steroid dienone is 1. The van der Waals surface area contributed by atoms with Crippen molar-refractivity contribution in [1.82, 2.24) is 0 Å². The van der Waals surface area contributed by atoms with Crippen molar-refractivity contribution in [1.29, 1.82) is 0 Å². The maximum atomic E-state index is 11.0. The monoisotopic (exact) mass is 588 g/mol. The third-order valence-electron chi connectivity index (χ3n) is 8.95. The van der Waals surface area contributed by atoms with E-state index in [9.17, 15) is 40.9 Å². The lowest BCUT2D eigenvalue weighted by Crippen LogP contribution is -2.00. The first-order valence-corrected chi connectivity index (χ1v) is 13.9. The van der Waals surface area contributed by atoms with E-state index in [-0.39, 0.29) is 33.6 Å². The molecule has 1 aliphatic rings. The molecule has 0 unspecified atom stereocenters. The van der Waals surface area contributed by atoms with Crippen LogP contribution in [0.15, 0.2) is 59.0 Å². The minimum Gasteiger partial charge on any atom is -0.504 e. The standard InChI is InChI=1S/C35H24O9/c1-13-27(36)31(40)26-24-17(3-2-4-21(24)44-35(26)28(13)37)16-9-5-14-7-11-19-20(12-8-15-6-10-18(16)22(14)23(15)19)25-29(38)32(41)34(43)33(42)30(25)39/h3,5-12,36-43H,2,4H2,1H3. The van der Waals surface area contributed by atoms with Gasteiger partial charge in [0, 0.05) is 17.5 Å². The van der Waals surface area contributed by atoms with Crippen molar-refractivity contribution in [3.05, 3.63) is 77.1 Å². The SMILES string of the molecule is Cc1c(O)c(O)c2c3c(oc2c1O)CCC=C3c1ccc2ccc3c(-c4c(O)c(O)c(O)c(O)c4O)ccc4ccc1c2c43. The number of hydrogen-bond acceptors (Lipinski definition) is 9. The second-order valence-electron chi connectivity index (χ2n) is 11.2. The van der Waals surface area contributed by atoms with Crippen molar-refractivity contribution in [2.24, 2.45) is 0 Å². The van der Waals surface area contributed by atoms with E-state index in [1.165, 1.54) is 6.92 Å². The Labute approximate surface area is 248 Å². The van der Waals surface area contributed by atoms with Gasteiger partial charge in [-0.25, -0.2) is 0 Å². The van der Waals surface area contributed by atoms with Gasteiger partial charge in [-0.2, -0.15) is 0 Å². The predicted molar refractivity (Wildman–Crippen MR) is 165 cm³/mol. The average molecular weight is 589 g/mol. The molecule has 0 spiro atoms. The molecule has 0 amide bonds. The Morgan fingerprint density at radius 1 is 0.523 bits per heavy atom. The van der Waals surface area contributed by atoms with Crippen LogP contribution in [0.4, 0.5) is 0 Å². The zero-order chi connectivity index (χ0) is 30.8. The molecule has 7 aromatic rings. The van der Waals surface area contributed by atoms with Gasteiger partial charge in [0.15, 0.2) is 34.3 Å². The molecule has 44 heavy (non-hydrogen) atoms. The Kier molecular flexibility index (Phi) is 5.00. The Morgan fingerprint density at radius 3 is 1.70 bits per heavy atom. The van der Waals surface area contributed by atoms with Crippen molar-refractivity contribution >= 4 is 48.9 Å². The molecule has 9 nitrogen and oxygen atoms in total. The van der Waals surface area contributed by atoms with E-state index >= 15 is 0 Å². The third kappa shape index (κ3) is 3.07. The van der Waals surface area contributed by atoms with Crippen LogP contribution >= 0.6 is 0 Å². The molecule has 1 aliphatic carbocycles. The van der Waals surface area contributed by atoms with E-state index in [1.807, 2.05) is 42.5 Å². The zero-order valence-corrected chi connectivity index (χ0v) is 23.1. The van der Waals surface area contributed by atoms with Crippen LogP contribution in [0.2, 0.25) is 0 Å². The van der Waals surface area contributed by atoms with E-state index in [0.29, 0.717) is 35.1 Å². The highest BCUT2D eigenvalue weighted by molar-refractivity contribution is 6.27. The minimum absolute atomic E-state index is 0.109. The number of rotatable bonds is 2. The predicted octanol–water partition coefficient (Wildman–Crippen LogP) is 7.33.